The van der Waals surface area contributed by atoms with E-state index in [2.05, 4.69) is 20.7 Å². The van der Waals surface area contributed by atoms with Gasteiger partial charge in [-0.3, -0.25) is 4.79 Å². The van der Waals surface area contributed by atoms with Crippen molar-refractivity contribution in [3.63, 3.8) is 0 Å². The lowest BCUT2D eigenvalue weighted by Crippen LogP contribution is -2.08. The van der Waals surface area contributed by atoms with E-state index in [-0.39, 0.29) is 28.8 Å². The molecule has 0 fully saturated rings. The molecular formula is C10H10BrFO3. The summed E-state index contributed by atoms with van der Waals surface area (Å²) in [5.74, 6) is -1.17. The summed E-state index contributed by atoms with van der Waals surface area (Å²) in [7, 11) is 0. The lowest BCUT2D eigenvalue weighted by molar-refractivity contribution is -0.142. The van der Waals surface area contributed by atoms with E-state index in [0.29, 0.717) is 0 Å². The Balaban J connectivity index is 2.86. The van der Waals surface area contributed by atoms with Gasteiger partial charge < -0.3 is 9.84 Å². The molecular weight excluding hydrogens is 267 g/mol. The summed E-state index contributed by atoms with van der Waals surface area (Å²) in [5.41, 5.74) is 0.120. The number of esters is 1. The van der Waals surface area contributed by atoms with Crippen LogP contribution in [0.1, 0.15) is 12.5 Å². The van der Waals surface area contributed by atoms with Crippen LogP contribution in [0.5, 0.6) is 5.75 Å². The van der Waals surface area contributed by atoms with Crippen LogP contribution in [-0.2, 0) is 16.0 Å². The first-order valence-electron chi connectivity index (χ1n) is 4.37. The minimum atomic E-state index is -0.548. The van der Waals surface area contributed by atoms with E-state index in [1.807, 2.05) is 0 Å². The molecule has 82 valence electrons. The van der Waals surface area contributed by atoms with Crippen molar-refractivity contribution >= 4 is 21.9 Å². The van der Waals surface area contributed by atoms with Crippen molar-refractivity contribution in [3.05, 3.63) is 28.0 Å². The van der Waals surface area contributed by atoms with E-state index in [9.17, 15) is 14.3 Å². The largest absolute Gasteiger partial charge is 0.507 e. The molecule has 0 radical (unpaired) electrons. The maximum Gasteiger partial charge on any atom is 0.310 e. The standard InChI is InChI=1S/C10H10BrFO3/c1-2-15-10(14)4-6-3-9(13)7(11)5-8(6)12/h3,5,13H,2,4H2,1H3. The Morgan fingerprint density at radius 2 is 2.27 bits per heavy atom. The van der Waals surface area contributed by atoms with Crippen molar-refractivity contribution in [2.45, 2.75) is 13.3 Å². The first-order valence-corrected chi connectivity index (χ1v) is 5.16. The Hall–Kier alpha value is -1.10. The highest BCUT2D eigenvalue weighted by atomic mass is 79.9. The molecule has 0 aromatic heterocycles. The number of phenolic OH excluding ortho intramolecular Hbond substituents is 1. The highest BCUT2D eigenvalue weighted by Crippen LogP contribution is 2.27. The highest BCUT2D eigenvalue weighted by Gasteiger charge is 2.11. The molecule has 0 spiro atoms. The van der Waals surface area contributed by atoms with Gasteiger partial charge in [0.1, 0.15) is 11.6 Å². The van der Waals surface area contributed by atoms with Crippen LogP contribution < -0.4 is 0 Å². The smallest absolute Gasteiger partial charge is 0.310 e. The summed E-state index contributed by atoms with van der Waals surface area (Å²) in [6, 6.07) is 2.32. The summed E-state index contributed by atoms with van der Waals surface area (Å²) < 4.78 is 18.2. The van der Waals surface area contributed by atoms with Crippen LogP contribution >= 0.6 is 15.9 Å². The maximum atomic E-state index is 13.3. The van der Waals surface area contributed by atoms with Gasteiger partial charge >= 0.3 is 5.97 Å². The van der Waals surface area contributed by atoms with E-state index in [1.54, 1.807) is 6.92 Å². The first-order chi connectivity index (χ1) is 7.04. The van der Waals surface area contributed by atoms with Gasteiger partial charge in [0.15, 0.2) is 0 Å². The van der Waals surface area contributed by atoms with Gasteiger partial charge in [0.05, 0.1) is 17.5 Å². The third kappa shape index (κ3) is 3.20. The minimum Gasteiger partial charge on any atom is -0.507 e. The Labute approximate surface area is 95.0 Å². The molecule has 0 amide bonds. The quantitative estimate of drug-likeness (QED) is 0.863. The zero-order chi connectivity index (χ0) is 11.4. The molecule has 0 aliphatic heterocycles. The second-order valence-corrected chi connectivity index (χ2v) is 3.73. The van der Waals surface area contributed by atoms with Gasteiger partial charge in [-0.05, 0) is 35.0 Å². The van der Waals surface area contributed by atoms with Crippen molar-refractivity contribution in [1.29, 1.82) is 0 Å². The van der Waals surface area contributed by atoms with Crippen LogP contribution in [-0.4, -0.2) is 17.7 Å². The van der Waals surface area contributed by atoms with E-state index >= 15 is 0 Å². The first kappa shape index (κ1) is 12.0. The Bertz CT molecular complexity index is 379. The molecule has 0 aliphatic rings. The van der Waals surface area contributed by atoms with E-state index in [0.717, 1.165) is 6.07 Å². The molecule has 1 rings (SSSR count). The predicted octanol–water partition coefficient (Wildman–Crippen LogP) is 2.40. The van der Waals surface area contributed by atoms with Gasteiger partial charge in [0.25, 0.3) is 0 Å². The predicted molar refractivity (Wildman–Crippen MR) is 56.1 cm³/mol. The fourth-order valence-electron chi connectivity index (χ4n) is 1.08. The molecule has 15 heavy (non-hydrogen) atoms. The normalized spacial score (nSPS) is 10.1. The summed E-state index contributed by atoms with van der Waals surface area (Å²) in [5, 5.41) is 9.30. The monoisotopic (exact) mass is 276 g/mol. The van der Waals surface area contributed by atoms with E-state index < -0.39 is 11.8 Å². The molecule has 0 atom stereocenters. The topological polar surface area (TPSA) is 46.5 Å². The number of ether oxygens (including phenoxy) is 1. The molecule has 0 saturated carbocycles. The number of carbonyl (C=O) groups is 1. The average molecular weight is 277 g/mol. The Kier molecular flexibility index (Phi) is 4.08. The minimum absolute atomic E-state index is 0.101. The summed E-state index contributed by atoms with van der Waals surface area (Å²) in [6.07, 6.45) is -0.180. The van der Waals surface area contributed by atoms with Crippen LogP contribution in [0.25, 0.3) is 0 Å². The molecule has 3 nitrogen and oxygen atoms in total. The number of rotatable bonds is 3. The second-order valence-electron chi connectivity index (χ2n) is 2.88. The van der Waals surface area contributed by atoms with Crippen molar-refractivity contribution in [2.75, 3.05) is 6.61 Å². The van der Waals surface area contributed by atoms with Crippen LogP contribution in [0.3, 0.4) is 0 Å². The SMILES string of the molecule is CCOC(=O)Cc1cc(O)c(Br)cc1F. The Morgan fingerprint density at radius 1 is 1.60 bits per heavy atom. The number of aromatic hydroxyl groups is 1. The van der Waals surface area contributed by atoms with Gasteiger partial charge in [0, 0.05) is 5.56 Å². The summed E-state index contributed by atoms with van der Waals surface area (Å²) in [6.45, 7) is 1.93. The average Bonchev–Trinajstić information content (AvgIpc) is 2.14. The van der Waals surface area contributed by atoms with Crippen LogP contribution in [0.4, 0.5) is 4.39 Å². The zero-order valence-electron chi connectivity index (χ0n) is 8.09. The summed E-state index contributed by atoms with van der Waals surface area (Å²) in [4.78, 5) is 11.1. The molecule has 0 unspecified atom stereocenters. The molecule has 1 aromatic rings. The van der Waals surface area contributed by atoms with Crippen molar-refractivity contribution < 1.29 is 19.0 Å². The van der Waals surface area contributed by atoms with E-state index in [1.165, 1.54) is 6.07 Å². The van der Waals surface area contributed by atoms with Gasteiger partial charge in [-0.2, -0.15) is 0 Å². The van der Waals surface area contributed by atoms with E-state index in [4.69, 9.17) is 0 Å². The van der Waals surface area contributed by atoms with Crippen molar-refractivity contribution in [3.8, 4) is 5.75 Å². The van der Waals surface area contributed by atoms with Crippen LogP contribution in [0.2, 0.25) is 0 Å². The third-order valence-electron chi connectivity index (χ3n) is 1.76. The molecule has 0 saturated heterocycles. The van der Waals surface area contributed by atoms with Gasteiger partial charge in [-0.1, -0.05) is 0 Å². The lowest BCUT2D eigenvalue weighted by atomic mass is 10.1. The van der Waals surface area contributed by atoms with Crippen molar-refractivity contribution in [1.82, 2.24) is 0 Å². The molecule has 0 aliphatic carbocycles. The number of hydrogen-bond acceptors (Lipinski definition) is 3. The number of hydrogen-bond donors (Lipinski definition) is 1. The zero-order valence-corrected chi connectivity index (χ0v) is 9.67. The number of benzene rings is 1. The van der Waals surface area contributed by atoms with Crippen molar-refractivity contribution in [2.24, 2.45) is 0 Å². The summed E-state index contributed by atoms with van der Waals surface area (Å²) >= 11 is 2.97. The molecule has 1 N–H and O–H groups in total. The third-order valence-corrected chi connectivity index (χ3v) is 2.39. The second kappa shape index (κ2) is 5.11. The number of halogens is 2. The van der Waals surface area contributed by atoms with Gasteiger partial charge in [0.2, 0.25) is 0 Å². The molecule has 5 heteroatoms. The highest BCUT2D eigenvalue weighted by molar-refractivity contribution is 9.10. The molecule has 1 aromatic carbocycles. The molecule has 0 bridgehead atoms. The van der Waals surface area contributed by atoms with Gasteiger partial charge in [-0.25, -0.2) is 4.39 Å². The van der Waals surface area contributed by atoms with Crippen LogP contribution in [0, 0.1) is 5.82 Å². The fourth-order valence-corrected chi connectivity index (χ4v) is 1.40. The number of phenols is 1. The maximum absolute atomic E-state index is 13.3. The Morgan fingerprint density at radius 3 is 2.87 bits per heavy atom. The van der Waals surface area contributed by atoms with Gasteiger partial charge in [-0.15, -0.1) is 0 Å². The fraction of sp³-hybridized carbons (Fsp3) is 0.300. The lowest BCUT2D eigenvalue weighted by Gasteiger charge is -2.05. The number of carbonyl (C=O) groups excluding carboxylic acids is 1. The molecule has 0 heterocycles. The van der Waals surface area contributed by atoms with Crippen LogP contribution in [0.15, 0.2) is 16.6 Å².